The van der Waals surface area contributed by atoms with E-state index in [9.17, 15) is 0 Å². The van der Waals surface area contributed by atoms with Gasteiger partial charge >= 0.3 is 0 Å². The van der Waals surface area contributed by atoms with Crippen molar-refractivity contribution in [2.75, 3.05) is 26.2 Å². The molecule has 2 heterocycles. The van der Waals surface area contributed by atoms with Gasteiger partial charge < -0.3 is 0 Å². The van der Waals surface area contributed by atoms with Crippen molar-refractivity contribution < 1.29 is 0 Å². The zero-order chi connectivity index (χ0) is 20.1. The predicted molar refractivity (Wildman–Crippen MR) is 116 cm³/mol. The number of rotatable bonds is 7. The van der Waals surface area contributed by atoms with Gasteiger partial charge in [0.1, 0.15) is 0 Å². The first kappa shape index (κ1) is 20.5. The predicted octanol–water partition coefficient (Wildman–Crippen LogP) is 3.56. The lowest BCUT2D eigenvalue weighted by molar-refractivity contribution is 0.0393. The molecule has 0 radical (unpaired) electrons. The Morgan fingerprint density at radius 3 is 2.38 bits per heavy atom. The van der Waals surface area contributed by atoms with Crippen LogP contribution in [0.15, 0.2) is 30.3 Å². The zero-order valence-electron chi connectivity index (χ0n) is 18.1. The third-order valence-electron chi connectivity index (χ3n) is 6.74. The van der Waals surface area contributed by atoms with Gasteiger partial charge in [-0.1, -0.05) is 63.4 Å². The van der Waals surface area contributed by atoms with Crippen LogP contribution in [0.4, 0.5) is 0 Å². The van der Waals surface area contributed by atoms with Crippen molar-refractivity contribution in [1.82, 2.24) is 30.0 Å². The van der Waals surface area contributed by atoms with Gasteiger partial charge in [0.05, 0.1) is 6.04 Å². The van der Waals surface area contributed by atoms with Gasteiger partial charge in [-0.2, -0.15) is 0 Å². The van der Waals surface area contributed by atoms with E-state index in [-0.39, 0.29) is 6.04 Å². The molecule has 1 aromatic heterocycles. The van der Waals surface area contributed by atoms with Gasteiger partial charge in [-0.15, -0.1) is 5.10 Å². The molecule has 1 aromatic carbocycles. The molecule has 0 unspecified atom stereocenters. The Hall–Kier alpha value is -1.79. The second-order valence-electron chi connectivity index (χ2n) is 9.05. The Kier molecular flexibility index (Phi) is 6.93. The molecule has 1 aliphatic heterocycles. The number of benzene rings is 1. The molecule has 0 bridgehead atoms. The van der Waals surface area contributed by atoms with Gasteiger partial charge in [0.2, 0.25) is 0 Å². The van der Waals surface area contributed by atoms with Crippen molar-refractivity contribution in [3.05, 3.63) is 41.7 Å². The fourth-order valence-corrected chi connectivity index (χ4v) is 5.17. The molecule has 2 aliphatic rings. The van der Waals surface area contributed by atoms with Crippen molar-refractivity contribution >= 4 is 0 Å². The van der Waals surface area contributed by atoms with Crippen LogP contribution in [0.3, 0.4) is 0 Å². The molecule has 6 nitrogen and oxygen atoms in total. The topological polar surface area (TPSA) is 50.1 Å². The van der Waals surface area contributed by atoms with E-state index in [4.69, 9.17) is 0 Å². The molecule has 158 valence electrons. The lowest BCUT2D eigenvalue weighted by Gasteiger charge is -2.43. The van der Waals surface area contributed by atoms with E-state index >= 15 is 0 Å². The summed E-state index contributed by atoms with van der Waals surface area (Å²) in [6, 6.07) is 11.7. The number of hydrogen-bond donors (Lipinski definition) is 0. The highest BCUT2D eigenvalue weighted by molar-refractivity contribution is 5.14. The quantitative estimate of drug-likeness (QED) is 0.716. The lowest BCUT2D eigenvalue weighted by atomic mass is 9.93. The van der Waals surface area contributed by atoms with Gasteiger partial charge in [-0.25, -0.2) is 4.68 Å². The van der Waals surface area contributed by atoms with E-state index in [1.807, 2.05) is 4.68 Å². The van der Waals surface area contributed by atoms with E-state index in [1.165, 1.54) is 50.8 Å². The van der Waals surface area contributed by atoms with Gasteiger partial charge in [0, 0.05) is 38.8 Å². The Bertz CT molecular complexity index is 729. The fourth-order valence-electron chi connectivity index (χ4n) is 5.17. The van der Waals surface area contributed by atoms with Crippen molar-refractivity contribution in [2.45, 2.75) is 71.0 Å². The molecule has 1 saturated heterocycles. The average molecular weight is 397 g/mol. The Balaban J connectivity index is 1.40. The molecular formula is C23H36N6. The number of nitrogens with zero attached hydrogens (tertiary/aromatic N) is 6. The van der Waals surface area contributed by atoms with E-state index in [2.05, 4.69) is 69.5 Å². The maximum Gasteiger partial charge on any atom is 0.168 e. The normalized spacial score (nSPS) is 20.9. The zero-order valence-corrected chi connectivity index (χ0v) is 18.1. The van der Waals surface area contributed by atoms with Crippen LogP contribution in [0.5, 0.6) is 0 Å². The second-order valence-corrected chi connectivity index (χ2v) is 9.05. The van der Waals surface area contributed by atoms with Gasteiger partial charge in [-0.3, -0.25) is 9.80 Å². The number of aryl methyl sites for hydroxylation is 2. The van der Waals surface area contributed by atoms with Crippen LogP contribution in [-0.2, 0) is 13.0 Å². The van der Waals surface area contributed by atoms with Gasteiger partial charge in [-0.05, 0) is 41.2 Å². The van der Waals surface area contributed by atoms with Crippen LogP contribution in [0.25, 0.3) is 0 Å². The highest BCUT2D eigenvalue weighted by Crippen LogP contribution is 2.30. The molecule has 6 heteroatoms. The summed E-state index contributed by atoms with van der Waals surface area (Å²) in [4.78, 5) is 5.36. The number of piperazine rings is 1. The highest BCUT2D eigenvalue weighted by atomic mass is 15.6. The Morgan fingerprint density at radius 1 is 0.966 bits per heavy atom. The molecule has 0 amide bonds. The van der Waals surface area contributed by atoms with Crippen LogP contribution in [-0.4, -0.2) is 62.2 Å². The van der Waals surface area contributed by atoms with E-state index in [1.54, 1.807) is 0 Å². The van der Waals surface area contributed by atoms with Crippen LogP contribution in [0.1, 0.15) is 63.4 Å². The van der Waals surface area contributed by atoms with Crippen LogP contribution >= 0.6 is 0 Å². The fraction of sp³-hybridized carbons (Fsp3) is 0.696. The molecule has 1 atom stereocenters. The lowest BCUT2D eigenvalue weighted by Crippen LogP contribution is -2.52. The average Bonchev–Trinajstić information content (AvgIpc) is 3.22. The number of aromatic nitrogens is 4. The minimum absolute atomic E-state index is 0.286. The molecule has 0 spiro atoms. The molecule has 0 N–H and O–H groups in total. The maximum absolute atomic E-state index is 4.48. The summed E-state index contributed by atoms with van der Waals surface area (Å²) in [5.41, 5.74) is 1.33. The first-order valence-corrected chi connectivity index (χ1v) is 11.5. The van der Waals surface area contributed by atoms with Crippen molar-refractivity contribution in [3.8, 4) is 0 Å². The van der Waals surface area contributed by atoms with Crippen LogP contribution in [0, 0.1) is 5.92 Å². The molecule has 1 saturated carbocycles. The maximum atomic E-state index is 4.48. The standard InChI is InChI=1S/C23H36N6/c1-19(2)22(28-17-15-27(16-18-28)21-11-7-4-8-12-21)23-24-25-26-29(23)14-13-20-9-5-3-6-10-20/h3,5-6,9-10,19,21-22H,4,7-8,11-18H2,1-2H3/t22-/m1/s1. The summed E-state index contributed by atoms with van der Waals surface area (Å²) in [6.45, 7) is 10.0. The minimum Gasteiger partial charge on any atom is -0.298 e. The first-order valence-electron chi connectivity index (χ1n) is 11.5. The molecule has 29 heavy (non-hydrogen) atoms. The summed E-state index contributed by atoms with van der Waals surface area (Å²) in [5.74, 6) is 1.51. The summed E-state index contributed by atoms with van der Waals surface area (Å²) >= 11 is 0. The number of tetrazole rings is 1. The van der Waals surface area contributed by atoms with E-state index in [0.717, 1.165) is 37.9 Å². The largest absolute Gasteiger partial charge is 0.298 e. The second kappa shape index (κ2) is 9.81. The van der Waals surface area contributed by atoms with Crippen molar-refractivity contribution in [1.29, 1.82) is 0 Å². The van der Waals surface area contributed by atoms with Crippen LogP contribution in [0.2, 0.25) is 0 Å². The summed E-state index contributed by atoms with van der Waals surface area (Å²) in [5, 5.41) is 12.9. The third kappa shape index (κ3) is 5.04. The van der Waals surface area contributed by atoms with E-state index in [0.29, 0.717) is 5.92 Å². The van der Waals surface area contributed by atoms with Crippen molar-refractivity contribution in [2.24, 2.45) is 5.92 Å². The van der Waals surface area contributed by atoms with Crippen LogP contribution < -0.4 is 0 Å². The Morgan fingerprint density at radius 2 is 1.69 bits per heavy atom. The van der Waals surface area contributed by atoms with Gasteiger partial charge in [0.25, 0.3) is 0 Å². The highest BCUT2D eigenvalue weighted by Gasteiger charge is 2.33. The van der Waals surface area contributed by atoms with Gasteiger partial charge in [0.15, 0.2) is 5.82 Å². The molecule has 2 aromatic rings. The monoisotopic (exact) mass is 396 g/mol. The summed E-state index contributed by atoms with van der Waals surface area (Å²) in [7, 11) is 0. The number of hydrogen-bond acceptors (Lipinski definition) is 5. The molecule has 4 rings (SSSR count). The van der Waals surface area contributed by atoms with E-state index < -0.39 is 0 Å². The smallest absolute Gasteiger partial charge is 0.168 e. The molecule has 2 fully saturated rings. The summed E-state index contributed by atoms with van der Waals surface area (Å²) < 4.78 is 2.03. The molecule has 1 aliphatic carbocycles. The molecular weight excluding hydrogens is 360 g/mol. The minimum atomic E-state index is 0.286. The summed E-state index contributed by atoms with van der Waals surface area (Å²) in [6.07, 6.45) is 8.00. The Labute approximate surface area is 175 Å². The first-order chi connectivity index (χ1) is 14.2. The van der Waals surface area contributed by atoms with Crippen molar-refractivity contribution in [3.63, 3.8) is 0 Å². The SMILES string of the molecule is CC(C)[C@H](c1nnnn1CCc1ccccc1)N1CCN(C2CCCCC2)CC1. The third-order valence-corrected chi connectivity index (χ3v) is 6.74.